The number of fused-ring (bicyclic) bond motifs is 1. The standard InChI is InChI=1S/C20H24O5/c1-13-7-3-4-8-15-9-5-6-10-17(15)19(25-20(13)24)18(23)12-16(22)11-14(2)21/h3-6,9-10,13,16,19,22H,7-8,11-12H2,1-2H3/b4-3-/t13-,16+,19+/m1/s1. The monoisotopic (exact) mass is 344 g/mol. The molecule has 0 bridgehead atoms. The van der Waals surface area contributed by atoms with Crippen molar-refractivity contribution in [3.8, 4) is 0 Å². The molecule has 0 fully saturated rings. The Morgan fingerprint density at radius 3 is 2.68 bits per heavy atom. The summed E-state index contributed by atoms with van der Waals surface area (Å²) in [6.07, 6.45) is 2.68. The van der Waals surface area contributed by atoms with E-state index in [1.165, 1.54) is 6.92 Å². The van der Waals surface area contributed by atoms with Crippen LogP contribution in [0, 0.1) is 5.92 Å². The van der Waals surface area contributed by atoms with Crippen molar-refractivity contribution in [1.29, 1.82) is 0 Å². The molecule has 1 aliphatic heterocycles. The zero-order valence-electron chi connectivity index (χ0n) is 14.6. The minimum absolute atomic E-state index is 0.0901. The van der Waals surface area contributed by atoms with Gasteiger partial charge in [-0.15, -0.1) is 0 Å². The zero-order chi connectivity index (χ0) is 18.4. The number of allylic oxidation sites excluding steroid dienone is 2. The lowest BCUT2D eigenvalue weighted by molar-refractivity contribution is -0.160. The van der Waals surface area contributed by atoms with E-state index in [-0.39, 0.29) is 24.5 Å². The third kappa shape index (κ3) is 5.36. The molecular formula is C20H24O5. The molecular weight excluding hydrogens is 320 g/mol. The summed E-state index contributed by atoms with van der Waals surface area (Å²) in [6.45, 7) is 3.12. The second-order valence-corrected chi connectivity index (χ2v) is 6.56. The van der Waals surface area contributed by atoms with Gasteiger partial charge in [-0.05, 0) is 25.3 Å². The van der Waals surface area contributed by atoms with Gasteiger partial charge in [-0.25, -0.2) is 0 Å². The second kappa shape index (κ2) is 8.72. The number of aliphatic hydroxyl groups is 1. The number of aliphatic hydroxyl groups excluding tert-OH is 1. The molecule has 0 aromatic heterocycles. The van der Waals surface area contributed by atoms with Crippen LogP contribution in [0.25, 0.3) is 0 Å². The molecule has 1 aromatic carbocycles. The van der Waals surface area contributed by atoms with Crippen LogP contribution in [0.15, 0.2) is 36.4 Å². The molecule has 1 heterocycles. The van der Waals surface area contributed by atoms with E-state index >= 15 is 0 Å². The van der Waals surface area contributed by atoms with Gasteiger partial charge in [0.15, 0.2) is 11.9 Å². The van der Waals surface area contributed by atoms with E-state index in [9.17, 15) is 19.5 Å². The van der Waals surface area contributed by atoms with Gasteiger partial charge in [0.1, 0.15) is 5.78 Å². The maximum Gasteiger partial charge on any atom is 0.310 e. The highest BCUT2D eigenvalue weighted by Crippen LogP contribution is 2.28. The van der Waals surface area contributed by atoms with E-state index < -0.39 is 24.0 Å². The molecule has 1 N–H and O–H groups in total. The van der Waals surface area contributed by atoms with Gasteiger partial charge in [0.25, 0.3) is 0 Å². The van der Waals surface area contributed by atoms with Crippen molar-refractivity contribution < 1.29 is 24.2 Å². The number of Topliss-reactive ketones (excluding diaryl/α,β-unsaturated/α-hetero) is 2. The van der Waals surface area contributed by atoms with Gasteiger partial charge >= 0.3 is 5.97 Å². The highest BCUT2D eigenvalue weighted by Gasteiger charge is 2.30. The Bertz CT molecular complexity index is 676. The van der Waals surface area contributed by atoms with Crippen LogP contribution in [0.3, 0.4) is 0 Å². The van der Waals surface area contributed by atoms with Crippen molar-refractivity contribution in [3.63, 3.8) is 0 Å². The fourth-order valence-electron chi connectivity index (χ4n) is 2.86. The molecule has 25 heavy (non-hydrogen) atoms. The molecule has 1 aromatic rings. The van der Waals surface area contributed by atoms with Crippen molar-refractivity contribution in [2.24, 2.45) is 5.92 Å². The number of carbonyl (C=O) groups excluding carboxylic acids is 3. The first-order chi connectivity index (χ1) is 11.9. The third-order valence-corrected chi connectivity index (χ3v) is 4.22. The van der Waals surface area contributed by atoms with Gasteiger partial charge in [0.2, 0.25) is 0 Å². The van der Waals surface area contributed by atoms with Gasteiger partial charge in [-0.2, -0.15) is 0 Å². The maximum absolute atomic E-state index is 12.7. The molecule has 1 aliphatic rings. The summed E-state index contributed by atoms with van der Waals surface area (Å²) in [5.41, 5.74) is 1.54. The lowest BCUT2D eigenvalue weighted by atomic mass is 9.93. The van der Waals surface area contributed by atoms with Gasteiger partial charge in [-0.3, -0.25) is 14.4 Å². The Morgan fingerprint density at radius 1 is 1.24 bits per heavy atom. The van der Waals surface area contributed by atoms with Crippen molar-refractivity contribution in [3.05, 3.63) is 47.5 Å². The Balaban J connectivity index is 2.31. The van der Waals surface area contributed by atoms with Crippen molar-refractivity contribution in [2.75, 3.05) is 0 Å². The van der Waals surface area contributed by atoms with E-state index in [1.54, 1.807) is 19.1 Å². The minimum atomic E-state index is -1.07. The largest absolute Gasteiger partial charge is 0.449 e. The van der Waals surface area contributed by atoms with Crippen LogP contribution in [0.2, 0.25) is 0 Å². The fraction of sp³-hybridized carbons (Fsp3) is 0.450. The average Bonchev–Trinajstić information content (AvgIpc) is 2.55. The smallest absolute Gasteiger partial charge is 0.310 e. The summed E-state index contributed by atoms with van der Waals surface area (Å²) in [5.74, 6) is -1.38. The average molecular weight is 344 g/mol. The van der Waals surface area contributed by atoms with E-state index in [0.29, 0.717) is 18.4 Å². The zero-order valence-corrected chi connectivity index (χ0v) is 14.6. The molecule has 0 amide bonds. The molecule has 3 atom stereocenters. The van der Waals surface area contributed by atoms with Gasteiger partial charge in [0.05, 0.1) is 12.0 Å². The first-order valence-electron chi connectivity index (χ1n) is 8.52. The fourth-order valence-corrected chi connectivity index (χ4v) is 2.86. The maximum atomic E-state index is 12.7. The Kier molecular flexibility index (Phi) is 6.65. The topological polar surface area (TPSA) is 80.7 Å². The molecule has 2 rings (SSSR count). The molecule has 5 heteroatoms. The van der Waals surface area contributed by atoms with Crippen LogP contribution in [0.5, 0.6) is 0 Å². The minimum Gasteiger partial charge on any atom is -0.449 e. The molecule has 0 aliphatic carbocycles. The number of cyclic esters (lactones) is 1. The molecule has 0 spiro atoms. The molecule has 0 saturated carbocycles. The summed E-state index contributed by atoms with van der Waals surface area (Å²) in [5, 5.41) is 9.92. The Morgan fingerprint density at radius 2 is 1.96 bits per heavy atom. The van der Waals surface area contributed by atoms with Crippen LogP contribution < -0.4 is 0 Å². The molecule has 0 radical (unpaired) electrons. The van der Waals surface area contributed by atoms with E-state index in [1.807, 2.05) is 24.3 Å². The highest BCUT2D eigenvalue weighted by molar-refractivity contribution is 5.88. The lowest BCUT2D eigenvalue weighted by Gasteiger charge is -2.23. The number of carbonyl (C=O) groups is 3. The van der Waals surface area contributed by atoms with Crippen LogP contribution in [-0.2, 0) is 25.5 Å². The second-order valence-electron chi connectivity index (χ2n) is 6.56. The molecule has 134 valence electrons. The Hall–Kier alpha value is -2.27. The number of esters is 1. The number of hydrogen-bond donors (Lipinski definition) is 1. The summed E-state index contributed by atoms with van der Waals surface area (Å²) in [7, 11) is 0. The van der Waals surface area contributed by atoms with Crippen LogP contribution in [0.4, 0.5) is 0 Å². The number of ketones is 2. The summed E-state index contributed by atoms with van der Waals surface area (Å²) in [6, 6.07) is 7.32. The highest BCUT2D eigenvalue weighted by atomic mass is 16.5. The first-order valence-corrected chi connectivity index (χ1v) is 8.52. The van der Waals surface area contributed by atoms with Crippen LogP contribution in [-0.4, -0.2) is 28.7 Å². The van der Waals surface area contributed by atoms with Crippen molar-refractivity contribution in [2.45, 2.75) is 51.7 Å². The van der Waals surface area contributed by atoms with Crippen molar-refractivity contribution >= 4 is 17.5 Å². The third-order valence-electron chi connectivity index (χ3n) is 4.22. The summed E-state index contributed by atoms with van der Waals surface area (Å²) < 4.78 is 5.51. The first kappa shape index (κ1) is 19.1. The van der Waals surface area contributed by atoms with Crippen LogP contribution in [0.1, 0.15) is 50.3 Å². The number of benzene rings is 1. The predicted molar refractivity (Wildman–Crippen MR) is 92.8 cm³/mol. The normalized spacial score (nSPS) is 23.1. The van der Waals surface area contributed by atoms with Gasteiger partial charge < -0.3 is 9.84 Å². The predicted octanol–water partition coefficient (Wildman–Crippen LogP) is 2.71. The molecule has 0 unspecified atom stereocenters. The van der Waals surface area contributed by atoms with Crippen molar-refractivity contribution in [1.82, 2.24) is 0 Å². The van der Waals surface area contributed by atoms with Gasteiger partial charge in [0, 0.05) is 18.4 Å². The molecule has 0 saturated heterocycles. The summed E-state index contributed by atoms with van der Waals surface area (Å²) in [4.78, 5) is 36.1. The quantitative estimate of drug-likeness (QED) is 0.656. The lowest BCUT2D eigenvalue weighted by Crippen LogP contribution is -2.27. The number of ether oxygens (including phenoxy) is 1. The van der Waals surface area contributed by atoms with E-state index in [2.05, 4.69) is 0 Å². The van der Waals surface area contributed by atoms with Gasteiger partial charge in [-0.1, -0.05) is 43.3 Å². The molecule has 5 nitrogen and oxygen atoms in total. The van der Waals surface area contributed by atoms with E-state index in [4.69, 9.17) is 4.74 Å². The van der Waals surface area contributed by atoms with E-state index in [0.717, 1.165) is 5.56 Å². The SMILES string of the molecule is CC(=O)C[C@H](O)CC(=O)[C@H]1OC(=O)[C@H](C)C/C=C\Cc2ccccc21. The number of rotatable bonds is 5. The Labute approximate surface area is 147 Å². The number of hydrogen-bond acceptors (Lipinski definition) is 5. The van der Waals surface area contributed by atoms with Crippen LogP contribution >= 0.6 is 0 Å². The summed E-state index contributed by atoms with van der Waals surface area (Å²) >= 11 is 0.